The maximum absolute atomic E-state index is 12.2. The first-order valence-electron chi connectivity index (χ1n) is 7.81. The molecule has 0 N–H and O–H groups in total. The first-order chi connectivity index (χ1) is 11.6. The van der Waals surface area contributed by atoms with Gasteiger partial charge in [0.2, 0.25) is 0 Å². The lowest BCUT2D eigenvalue weighted by molar-refractivity contribution is 0.0525. The minimum absolute atomic E-state index is 0.257. The summed E-state index contributed by atoms with van der Waals surface area (Å²) in [7, 11) is 1.87. The lowest BCUT2D eigenvalue weighted by Gasteiger charge is -2.13. The predicted octanol–water partition coefficient (Wildman–Crippen LogP) is 2.70. The van der Waals surface area contributed by atoms with Gasteiger partial charge < -0.3 is 9.30 Å². The number of para-hydroxylation sites is 1. The van der Waals surface area contributed by atoms with Crippen LogP contribution in [0.25, 0.3) is 10.9 Å². The van der Waals surface area contributed by atoms with E-state index in [1.807, 2.05) is 41.9 Å². The number of ether oxygens (including phenoxy) is 1. The van der Waals surface area contributed by atoms with Crippen LogP contribution in [0.3, 0.4) is 0 Å². The van der Waals surface area contributed by atoms with Gasteiger partial charge in [-0.05, 0) is 30.7 Å². The second kappa shape index (κ2) is 6.66. The van der Waals surface area contributed by atoms with E-state index in [4.69, 9.17) is 4.74 Å². The van der Waals surface area contributed by atoms with Crippen LogP contribution < -0.4 is 5.56 Å². The quantitative estimate of drug-likeness (QED) is 0.693. The Morgan fingerprint density at radius 3 is 2.62 bits per heavy atom. The second-order valence-corrected chi connectivity index (χ2v) is 5.46. The fraction of sp³-hybridized carbons (Fsp3) is 0.211. The van der Waals surface area contributed by atoms with Gasteiger partial charge in [0.15, 0.2) is 0 Å². The van der Waals surface area contributed by atoms with E-state index < -0.39 is 0 Å². The maximum atomic E-state index is 12.2. The van der Waals surface area contributed by atoms with Crippen molar-refractivity contribution in [2.24, 2.45) is 7.05 Å². The molecule has 0 saturated heterocycles. The molecule has 1 aromatic heterocycles. The van der Waals surface area contributed by atoms with Crippen LogP contribution in [0.4, 0.5) is 0 Å². The number of carbonyl (C=O) groups is 1. The van der Waals surface area contributed by atoms with Crippen LogP contribution in [0, 0.1) is 0 Å². The van der Waals surface area contributed by atoms with E-state index in [0.717, 1.165) is 11.1 Å². The highest BCUT2D eigenvalue weighted by Crippen LogP contribution is 2.16. The van der Waals surface area contributed by atoms with E-state index in [1.54, 1.807) is 25.1 Å². The summed E-state index contributed by atoms with van der Waals surface area (Å²) in [5, 5.41) is 0.586. The van der Waals surface area contributed by atoms with Crippen LogP contribution in [0.2, 0.25) is 0 Å². The summed E-state index contributed by atoms with van der Waals surface area (Å²) in [5.74, 6) is 0.245. The first-order valence-corrected chi connectivity index (χ1v) is 7.81. The van der Waals surface area contributed by atoms with Crippen molar-refractivity contribution in [2.75, 3.05) is 6.61 Å². The third-order valence-corrected chi connectivity index (χ3v) is 3.97. The van der Waals surface area contributed by atoms with E-state index in [9.17, 15) is 9.59 Å². The highest BCUT2D eigenvalue weighted by molar-refractivity contribution is 5.91. The molecular formula is C19H18N2O3. The maximum Gasteiger partial charge on any atom is 0.338 e. The molecule has 3 aromatic rings. The monoisotopic (exact) mass is 322 g/mol. The van der Waals surface area contributed by atoms with Gasteiger partial charge in [0.05, 0.1) is 23.1 Å². The molecular weight excluding hydrogens is 304 g/mol. The van der Waals surface area contributed by atoms with E-state index >= 15 is 0 Å². The number of fused-ring (bicyclic) bond motifs is 1. The Morgan fingerprint density at radius 1 is 1.12 bits per heavy atom. The van der Waals surface area contributed by atoms with Gasteiger partial charge in [-0.15, -0.1) is 0 Å². The summed E-state index contributed by atoms with van der Waals surface area (Å²) >= 11 is 0. The van der Waals surface area contributed by atoms with Crippen LogP contribution in [-0.2, 0) is 18.2 Å². The number of benzene rings is 2. The molecule has 0 aliphatic carbocycles. The number of aromatic nitrogens is 2. The van der Waals surface area contributed by atoms with Gasteiger partial charge in [-0.2, -0.15) is 4.98 Å². The minimum atomic E-state index is -0.362. The number of hydrogen-bond donors (Lipinski definition) is 0. The topological polar surface area (TPSA) is 61.2 Å². The number of esters is 1. The van der Waals surface area contributed by atoms with Crippen molar-refractivity contribution >= 4 is 16.9 Å². The second-order valence-electron chi connectivity index (χ2n) is 5.46. The first kappa shape index (κ1) is 15.9. The highest BCUT2D eigenvalue weighted by atomic mass is 16.5. The summed E-state index contributed by atoms with van der Waals surface area (Å²) in [6, 6.07) is 14.6. The van der Waals surface area contributed by atoms with Gasteiger partial charge in [0.25, 0.3) is 5.56 Å². The van der Waals surface area contributed by atoms with E-state index in [0.29, 0.717) is 29.8 Å². The number of hydrogen-bond acceptors (Lipinski definition) is 4. The van der Waals surface area contributed by atoms with Crippen molar-refractivity contribution in [2.45, 2.75) is 13.3 Å². The van der Waals surface area contributed by atoms with Crippen molar-refractivity contribution in [1.29, 1.82) is 0 Å². The zero-order chi connectivity index (χ0) is 17.1. The minimum Gasteiger partial charge on any atom is -0.462 e. The molecule has 0 aliphatic rings. The third-order valence-electron chi connectivity index (χ3n) is 3.97. The SMILES string of the molecule is CCOC(=O)c1ccccc1Cc1nc(=O)c2ccccc2n1C. The molecule has 5 nitrogen and oxygen atoms in total. The fourth-order valence-electron chi connectivity index (χ4n) is 2.75. The Kier molecular flexibility index (Phi) is 4.42. The normalized spacial score (nSPS) is 10.8. The molecule has 0 amide bonds. The molecule has 0 spiro atoms. The van der Waals surface area contributed by atoms with Crippen LogP contribution in [0.5, 0.6) is 0 Å². The summed E-state index contributed by atoms with van der Waals surface area (Å²) in [6.45, 7) is 2.09. The Morgan fingerprint density at radius 2 is 1.83 bits per heavy atom. The molecule has 24 heavy (non-hydrogen) atoms. The van der Waals surface area contributed by atoms with E-state index in [2.05, 4.69) is 4.98 Å². The molecule has 3 rings (SSSR count). The molecule has 0 bridgehead atoms. The van der Waals surface area contributed by atoms with Crippen molar-refractivity contribution < 1.29 is 9.53 Å². The van der Waals surface area contributed by atoms with Gasteiger partial charge >= 0.3 is 5.97 Å². The fourth-order valence-corrected chi connectivity index (χ4v) is 2.75. The van der Waals surface area contributed by atoms with Gasteiger partial charge in [-0.25, -0.2) is 4.79 Å². The number of rotatable bonds is 4. The standard InChI is InChI=1S/C19H18N2O3/c1-3-24-19(23)14-9-5-4-8-13(14)12-17-20-18(22)15-10-6-7-11-16(15)21(17)2/h4-11H,3,12H2,1-2H3. The van der Waals surface area contributed by atoms with Crippen LogP contribution >= 0.6 is 0 Å². The van der Waals surface area contributed by atoms with E-state index in [-0.39, 0.29) is 11.5 Å². The van der Waals surface area contributed by atoms with Crippen LogP contribution in [0.1, 0.15) is 28.7 Å². The third kappa shape index (κ3) is 2.93. The highest BCUT2D eigenvalue weighted by Gasteiger charge is 2.15. The zero-order valence-corrected chi connectivity index (χ0v) is 13.7. The van der Waals surface area contributed by atoms with Crippen LogP contribution in [-0.4, -0.2) is 22.1 Å². The average Bonchev–Trinajstić information content (AvgIpc) is 2.60. The number of aryl methyl sites for hydroxylation is 1. The lowest BCUT2D eigenvalue weighted by atomic mass is 10.0. The molecule has 0 unspecified atom stereocenters. The molecule has 0 saturated carbocycles. The Balaban J connectivity index is 2.07. The molecule has 5 heteroatoms. The summed E-state index contributed by atoms with van der Waals surface area (Å²) in [5.41, 5.74) is 1.85. The van der Waals surface area contributed by atoms with Gasteiger partial charge in [-0.1, -0.05) is 30.3 Å². The van der Waals surface area contributed by atoms with Crippen LogP contribution in [0.15, 0.2) is 53.3 Å². The molecule has 0 radical (unpaired) electrons. The molecule has 0 atom stereocenters. The molecule has 0 aliphatic heterocycles. The molecule has 2 aromatic carbocycles. The Bertz CT molecular complexity index is 960. The Hall–Kier alpha value is -2.95. The zero-order valence-electron chi connectivity index (χ0n) is 13.7. The van der Waals surface area contributed by atoms with Gasteiger partial charge in [0, 0.05) is 13.5 Å². The summed E-state index contributed by atoms with van der Waals surface area (Å²) in [6.07, 6.45) is 0.381. The van der Waals surface area contributed by atoms with Gasteiger partial charge in [-0.3, -0.25) is 4.79 Å². The van der Waals surface area contributed by atoms with Crippen molar-refractivity contribution in [3.8, 4) is 0 Å². The van der Waals surface area contributed by atoms with Crippen molar-refractivity contribution in [3.05, 3.63) is 75.8 Å². The summed E-state index contributed by atoms with van der Waals surface area (Å²) < 4.78 is 6.99. The largest absolute Gasteiger partial charge is 0.462 e. The number of carbonyl (C=O) groups excluding carboxylic acids is 1. The van der Waals surface area contributed by atoms with Crippen molar-refractivity contribution in [1.82, 2.24) is 9.55 Å². The summed E-state index contributed by atoms with van der Waals surface area (Å²) in [4.78, 5) is 28.6. The lowest BCUT2D eigenvalue weighted by Crippen LogP contribution is -2.18. The molecule has 1 heterocycles. The van der Waals surface area contributed by atoms with Crippen molar-refractivity contribution in [3.63, 3.8) is 0 Å². The molecule has 0 fully saturated rings. The Labute approximate surface area is 139 Å². The van der Waals surface area contributed by atoms with Gasteiger partial charge in [0.1, 0.15) is 5.82 Å². The van der Waals surface area contributed by atoms with E-state index in [1.165, 1.54) is 0 Å². The number of nitrogens with zero attached hydrogens (tertiary/aromatic N) is 2. The average molecular weight is 322 g/mol. The smallest absolute Gasteiger partial charge is 0.338 e. The molecule has 122 valence electrons. The predicted molar refractivity (Wildman–Crippen MR) is 92.2 cm³/mol.